The molecule has 1 aliphatic carbocycles. The number of nitrogens with zero attached hydrogens (tertiary/aromatic N) is 2. The molecule has 2 atom stereocenters. The Balaban J connectivity index is 2.21. The Morgan fingerprint density at radius 1 is 1.60 bits per heavy atom. The molecule has 20 heavy (non-hydrogen) atoms. The summed E-state index contributed by atoms with van der Waals surface area (Å²) in [5.41, 5.74) is -0.0532. The van der Waals surface area contributed by atoms with E-state index in [2.05, 4.69) is 17.1 Å². The number of hydrogen-bond donors (Lipinski definition) is 1. The number of rotatable bonds is 6. The highest BCUT2D eigenvalue weighted by Gasteiger charge is 2.37. The molecule has 1 saturated carbocycles. The second kappa shape index (κ2) is 5.53. The van der Waals surface area contributed by atoms with E-state index >= 15 is 0 Å². The van der Waals surface area contributed by atoms with Crippen molar-refractivity contribution in [3.63, 3.8) is 0 Å². The van der Waals surface area contributed by atoms with Gasteiger partial charge in [0.15, 0.2) is 5.03 Å². The van der Waals surface area contributed by atoms with E-state index in [1.807, 2.05) is 0 Å². The van der Waals surface area contributed by atoms with Gasteiger partial charge in [0.1, 0.15) is 5.56 Å². The van der Waals surface area contributed by atoms with Gasteiger partial charge in [0, 0.05) is 13.6 Å². The SMILES string of the molecule is CCOC(=O)c1cn[nH]c1S(=O)(=O)N(C)CC1CC1C. The average Bonchev–Trinajstić information content (AvgIpc) is 2.91. The first-order valence-corrected chi connectivity index (χ1v) is 7.98. The first kappa shape index (κ1) is 15.0. The third-order valence-electron chi connectivity index (χ3n) is 3.54. The van der Waals surface area contributed by atoms with Gasteiger partial charge in [-0.3, -0.25) is 5.10 Å². The predicted octanol–water partition coefficient (Wildman–Crippen LogP) is 0.863. The second-order valence-corrected chi connectivity index (χ2v) is 7.07. The molecule has 0 aliphatic heterocycles. The molecule has 112 valence electrons. The van der Waals surface area contributed by atoms with Gasteiger partial charge in [-0.1, -0.05) is 6.92 Å². The molecule has 0 aromatic carbocycles. The highest BCUT2D eigenvalue weighted by molar-refractivity contribution is 7.89. The number of H-pyrrole nitrogens is 1. The van der Waals surface area contributed by atoms with Crippen molar-refractivity contribution in [3.05, 3.63) is 11.8 Å². The minimum absolute atomic E-state index is 0.0532. The number of ether oxygens (including phenoxy) is 1. The van der Waals surface area contributed by atoms with Crippen LogP contribution in [-0.2, 0) is 14.8 Å². The maximum absolute atomic E-state index is 12.4. The van der Waals surface area contributed by atoms with E-state index in [0.717, 1.165) is 6.42 Å². The molecule has 0 amide bonds. The van der Waals surface area contributed by atoms with Crippen molar-refractivity contribution >= 4 is 16.0 Å². The van der Waals surface area contributed by atoms with Gasteiger partial charge in [-0.2, -0.15) is 9.40 Å². The lowest BCUT2D eigenvalue weighted by molar-refractivity contribution is 0.0521. The van der Waals surface area contributed by atoms with Crippen molar-refractivity contribution in [2.45, 2.75) is 25.3 Å². The van der Waals surface area contributed by atoms with E-state index in [-0.39, 0.29) is 17.2 Å². The summed E-state index contributed by atoms with van der Waals surface area (Å²) in [4.78, 5) is 11.7. The summed E-state index contributed by atoms with van der Waals surface area (Å²) in [6, 6.07) is 0. The number of carbonyl (C=O) groups excluding carboxylic acids is 1. The van der Waals surface area contributed by atoms with Gasteiger partial charge in [-0.05, 0) is 25.2 Å². The van der Waals surface area contributed by atoms with Gasteiger partial charge >= 0.3 is 5.97 Å². The molecule has 0 bridgehead atoms. The third-order valence-corrected chi connectivity index (χ3v) is 5.33. The van der Waals surface area contributed by atoms with Crippen LogP contribution in [0.4, 0.5) is 0 Å². The summed E-state index contributed by atoms with van der Waals surface area (Å²) in [5.74, 6) is 0.260. The smallest absolute Gasteiger partial charge is 0.342 e. The lowest BCUT2D eigenvalue weighted by Gasteiger charge is -2.16. The number of carbonyl (C=O) groups is 1. The Morgan fingerprint density at radius 3 is 2.80 bits per heavy atom. The van der Waals surface area contributed by atoms with Gasteiger partial charge in [0.05, 0.1) is 12.8 Å². The Hall–Kier alpha value is -1.41. The Kier molecular flexibility index (Phi) is 4.14. The zero-order valence-corrected chi connectivity index (χ0v) is 12.6. The first-order valence-electron chi connectivity index (χ1n) is 6.54. The molecule has 1 N–H and O–H groups in total. The van der Waals surface area contributed by atoms with Gasteiger partial charge in [-0.25, -0.2) is 13.2 Å². The van der Waals surface area contributed by atoms with Crippen LogP contribution < -0.4 is 0 Å². The van der Waals surface area contributed by atoms with Crippen LogP contribution in [0, 0.1) is 11.8 Å². The fraction of sp³-hybridized carbons (Fsp3) is 0.667. The molecule has 1 aliphatic rings. The fourth-order valence-electron chi connectivity index (χ4n) is 2.06. The van der Waals surface area contributed by atoms with Crippen molar-refractivity contribution in [2.75, 3.05) is 20.2 Å². The highest BCUT2D eigenvalue weighted by Crippen LogP contribution is 2.38. The maximum atomic E-state index is 12.4. The Labute approximate surface area is 118 Å². The first-order chi connectivity index (χ1) is 9.37. The average molecular weight is 301 g/mol. The highest BCUT2D eigenvalue weighted by atomic mass is 32.2. The summed E-state index contributed by atoms with van der Waals surface area (Å²) in [7, 11) is -2.24. The largest absolute Gasteiger partial charge is 0.462 e. The van der Waals surface area contributed by atoms with E-state index in [4.69, 9.17) is 4.74 Å². The number of aromatic amines is 1. The molecular weight excluding hydrogens is 282 g/mol. The maximum Gasteiger partial charge on any atom is 0.342 e. The van der Waals surface area contributed by atoms with Crippen LogP contribution in [0.15, 0.2) is 11.2 Å². The van der Waals surface area contributed by atoms with Crippen LogP contribution in [0.1, 0.15) is 30.6 Å². The second-order valence-electron chi connectivity index (χ2n) is 5.09. The van der Waals surface area contributed by atoms with Crippen LogP contribution >= 0.6 is 0 Å². The summed E-state index contributed by atoms with van der Waals surface area (Å²) in [6.07, 6.45) is 2.21. The van der Waals surface area contributed by atoms with Gasteiger partial charge in [0.25, 0.3) is 10.0 Å². The van der Waals surface area contributed by atoms with Gasteiger partial charge < -0.3 is 4.74 Å². The van der Waals surface area contributed by atoms with Crippen molar-refractivity contribution in [1.82, 2.24) is 14.5 Å². The number of esters is 1. The van der Waals surface area contributed by atoms with Crippen molar-refractivity contribution < 1.29 is 17.9 Å². The fourth-order valence-corrected chi connectivity index (χ4v) is 3.34. The molecule has 2 unspecified atom stereocenters. The standard InChI is InChI=1S/C12H19N3O4S/c1-4-19-12(16)10-6-13-14-11(10)20(17,18)15(3)7-9-5-8(9)2/h6,8-9H,4-5,7H2,1-3H3,(H,13,14). The Bertz CT molecular complexity index is 596. The molecule has 0 saturated heterocycles. The number of aromatic nitrogens is 2. The van der Waals surface area contributed by atoms with Crippen LogP contribution in [0.5, 0.6) is 0 Å². The van der Waals surface area contributed by atoms with E-state index in [1.165, 1.54) is 17.5 Å². The molecule has 2 rings (SSSR count). The minimum Gasteiger partial charge on any atom is -0.462 e. The topological polar surface area (TPSA) is 92.4 Å². The van der Waals surface area contributed by atoms with Crippen LogP contribution in [0.2, 0.25) is 0 Å². The predicted molar refractivity (Wildman–Crippen MR) is 71.6 cm³/mol. The number of hydrogen-bond acceptors (Lipinski definition) is 5. The van der Waals surface area contributed by atoms with E-state index < -0.39 is 16.0 Å². The van der Waals surface area contributed by atoms with Gasteiger partial charge in [-0.15, -0.1) is 0 Å². The van der Waals surface area contributed by atoms with E-state index in [1.54, 1.807) is 6.92 Å². The summed E-state index contributed by atoms with van der Waals surface area (Å²) in [6.45, 7) is 4.38. The zero-order valence-electron chi connectivity index (χ0n) is 11.8. The molecule has 1 aromatic heterocycles. The number of sulfonamides is 1. The number of nitrogens with one attached hydrogen (secondary N) is 1. The lowest BCUT2D eigenvalue weighted by Crippen LogP contribution is -2.30. The molecule has 1 aromatic rings. The monoisotopic (exact) mass is 301 g/mol. The summed E-state index contributed by atoms with van der Waals surface area (Å²) >= 11 is 0. The van der Waals surface area contributed by atoms with Gasteiger partial charge in [0.2, 0.25) is 0 Å². The van der Waals surface area contributed by atoms with E-state index in [9.17, 15) is 13.2 Å². The van der Waals surface area contributed by atoms with Crippen LogP contribution in [0.3, 0.4) is 0 Å². The quantitative estimate of drug-likeness (QED) is 0.787. The zero-order chi connectivity index (χ0) is 14.9. The van der Waals surface area contributed by atoms with Crippen molar-refractivity contribution in [1.29, 1.82) is 0 Å². The van der Waals surface area contributed by atoms with Crippen molar-refractivity contribution in [3.8, 4) is 0 Å². The molecule has 1 fully saturated rings. The molecule has 8 heteroatoms. The minimum atomic E-state index is -3.75. The van der Waals surface area contributed by atoms with Crippen LogP contribution in [0.25, 0.3) is 0 Å². The Morgan fingerprint density at radius 2 is 2.25 bits per heavy atom. The third kappa shape index (κ3) is 2.85. The molecule has 0 spiro atoms. The summed E-state index contributed by atoms with van der Waals surface area (Å²) < 4.78 is 31.0. The van der Waals surface area contributed by atoms with Crippen molar-refractivity contribution in [2.24, 2.45) is 11.8 Å². The lowest BCUT2D eigenvalue weighted by atomic mass is 10.3. The molecular formula is C12H19N3O4S. The van der Waals surface area contributed by atoms with E-state index in [0.29, 0.717) is 18.4 Å². The molecule has 0 radical (unpaired) electrons. The normalized spacial score (nSPS) is 22.0. The van der Waals surface area contributed by atoms with Crippen LogP contribution in [-0.4, -0.2) is 49.1 Å². The molecule has 7 nitrogen and oxygen atoms in total. The summed E-state index contributed by atoms with van der Waals surface area (Å²) in [5, 5.41) is 5.84. The molecule has 1 heterocycles.